The first-order chi connectivity index (χ1) is 0. The van der Waals surface area contributed by atoms with Crippen molar-refractivity contribution in [1.29, 1.82) is 0 Å². The maximum Gasteiger partial charge on any atom is 0 e. The van der Waals surface area contributed by atoms with E-state index in [4.69, 9.17) is 0 Å². The summed E-state index contributed by atoms with van der Waals surface area (Å²) in [7, 11) is 0. The van der Waals surface area contributed by atoms with Crippen molar-refractivity contribution in [3.63, 3.8) is 0 Å². The summed E-state index contributed by atoms with van der Waals surface area (Å²) < 4.78 is 0. The van der Waals surface area contributed by atoms with Crippen LogP contribution in [0.4, 0.5) is 0 Å². The molecule has 6 N–H and O–H groups in total. The van der Waals surface area contributed by atoms with Gasteiger partial charge in [0.05, 0.1) is 0 Å². The van der Waals surface area contributed by atoms with E-state index in [1.54, 1.807) is 0 Å². The molecule has 0 aromatic carbocycles. The van der Waals surface area contributed by atoms with Gasteiger partial charge in [0, 0.05) is 44.8 Å². The third-order valence-electron chi connectivity index (χ3n) is 0. The van der Waals surface area contributed by atoms with Gasteiger partial charge in [0.2, 0.25) is 0 Å². The van der Waals surface area contributed by atoms with Crippen LogP contribution in [0.1, 0.15) is 0 Å². The van der Waals surface area contributed by atoms with Gasteiger partial charge < -0.3 is 16.4 Å². The smallest absolute Gasteiger partial charge is 0 e. The van der Waals surface area contributed by atoms with E-state index in [0.29, 0.717) is 0 Å². The summed E-state index contributed by atoms with van der Waals surface area (Å²) in [5.41, 5.74) is 0. The molecule has 2 radical (unpaired) electrons. The molecular formula is H6Au2O3. The summed E-state index contributed by atoms with van der Waals surface area (Å²) >= 11 is 0. The SMILES string of the molecule is O.O.O.[Au].[Au]. The first-order valence-electron chi connectivity index (χ1n) is 0. The molecule has 0 rings (SSSR count). The standard InChI is InChI=1S/2Au.3H2O/h;;3*1H2. The zero-order valence-electron chi connectivity index (χ0n) is 2.10. The fraction of sp³-hybridized carbons (Fsp3) is 0. The number of hydrogen-bond donors (Lipinski definition) is 0. The molecule has 0 amide bonds. The van der Waals surface area contributed by atoms with Crippen LogP contribution in [0.15, 0.2) is 0 Å². The van der Waals surface area contributed by atoms with E-state index in [0.717, 1.165) is 0 Å². The predicted octanol–water partition coefficient (Wildman–Crippen LogP) is -2.48. The molecule has 5 heteroatoms. The molecule has 0 heterocycles. The van der Waals surface area contributed by atoms with Gasteiger partial charge in [0.15, 0.2) is 0 Å². The Balaban J connectivity index is 0. The van der Waals surface area contributed by atoms with Gasteiger partial charge in [0.25, 0.3) is 0 Å². The predicted molar refractivity (Wildman–Crippen MR) is 10.8 cm³/mol. The molecule has 5 heavy (non-hydrogen) atoms. The fourth-order valence-corrected chi connectivity index (χ4v) is 0. The molecule has 0 aliphatic carbocycles. The second-order valence-electron chi connectivity index (χ2n) is 0. The molecule has 0 saturated heterocycles. The maximum atomic E-state index is 0. The van der Waals surface area contributed by atoms with Gasteiger partial charge in [-0.05, 0) is 0 Å². The van der Waals surface area contributed by atoms with Crippen LogP contribution in [-0.2, 0) is 44.8 Å². The molecule has 0 aromatic heterocycles. The largest absolute Gasteiger partial charge is 0.412 e. The maximum absolute atomic E-state index is 0. The van der Waals surface area contributed by atoms with Gasteiger partial charge in [-0.1, -0.05) is 0 Å². The summed E-state index contributed by atoms with van der Waals surface area (Å²) in [5.74, 6) is 0. The summed E-state index contributed by atoms with van der Waals surface area (Å²) in [6.45, 7) is 0. The van der Waals surface area contributed by atoms with Gasteiger partial charge in [-0.25, -0.2) is 0 Å². The van der Waals surface area contributed by atoms with Crippen LogP contribution in [-0.4, -0.2) is 16.4 Å². The Kier molecular flexibility index (Phi) is 1090. The van der Waals surface area contributed by atoms with E-state index in [2.05, 4.69) is 0 Å². The Labute approximate surface area is 61.1 Å². The van der Waals surface area contributed by atoms with Crippen LogP contribution in [0.3, 0.4) is 0 Å². The monoisotopic (exact) mass is 448 g/mol. The molecule has 46 valence electrons. The van der Waals surface area contributed by atoms with Crippen LogP contribution in [0.25, 0.3) is 0 Å². The van der Waals surface area contributed by atoms with Crippen LogP contribution in [0.5, 0.6) is 0 Å². The average Bonchev–Trinajstić information content (AvgIpc) is 0. The minimum absolute atomic E-state index is 0. The van der Waals surface area contributed by atoms with E-state index in [-0.39, 0.29) is 61.2 Å². The molecule has 0 fully saturated rings. The Morgan fingerprint density at radius 2 is 0.400 bits per heavy atom. The van der Waals surface area contributed by atoms with Gasteiger partial charge in [-0.2, -0.15) is 0 Å². The zero-order chi connectivity index (χ0) is 0. The minimum Gasteiger partial charge on any atom is -0.412 e. The Hall–Kier alpha value is 1.36. The minimum atomic E-state index is 0. The third kappa shape index (κ3) is 32.7. The van der Waals surface area contributed by atoms with Crippen molar-refractivity contribution in [3.8, 4) is 0 Å². The second kappa shape index (κ2) is 55.1. The van der Waals surface area contributed by atoms with Gasteiger partial charge in [-0.3, -0.25) is 0 Å². The molecular weight excluding hydrogens is 442 g/mol. The van der Waals surface area contributed by atoms with Crippen molar-refractivity contribution in [1.82, 2.24) is 0 Å². The van der Waals surface area contributed by atoms with Crippen molar-refractivity contribution >= 4 is 0 Å². The molecule has 0 aromatic rings. The summed E-state index contributed by atoms with van der Waals surface area (Å²) in [4.78, 5) is 0. The van der Waals surface area contributed by atoms with Gasteiger partial charge >= 0.3 is 0 Å². The molecule has 0 saturated carbocycles. The van der Waals surface area contributed by atoms with Crippen molar-refractivity contribution in [2.24, 2.45) is 0 Å². The summed E-state index contributed by atoms with van der Waals surface area (Å²) in [5, 5.41) is 0. The third-order valence-corrected chi connectivity index (χ3v) is 0. The van der Waals surface area contributed by atoms with E-state index in [1.807, 2.05) is 0 Å². The molecule has 0 bridgehead atoms. The molecule has 0 spiro atoms. The van der Waals surface area contributed by atoms with Crippen molar-refractivity contribution in [2.45, 2.75) is 0 Å². The number of hydrogen-bond acceptors (Lipinski definition) is 0. The quantitative estimate of drug-likeness (QED) is 0.368. The molecule has 0 aliphatic heterocycles. The Bertz CT molecular complexity index is 4.85. The van der Waals surface area contributed by atoms with Crippen molar-refractivity contribution < 1.29 is 61.2 Å². The van der Waals surface area contributed by atoms with Crippen LogP contribution >= 0.6 is 0 Å². The molecule has 3 nitrogen and oxygen atoms in total. The molecule has 0 unspecified atom stereocenters. The topological polar surface area (TPSA) is 94.5 Å². The van der Waals surface area contributed by atoms with E-state index >= 15 is 0 Å². The molecule has 0 aliphatic rings. The van der Waals surface area contributed by atoms with Gasteiger partial charge in [0.1, 0.15) is 0 Å². The zero-order valence-corrected chi connectivity index (χ0v) is 6.44. The first kappa shape index (κ1) is 98.7. The van der Waals surface area contributed by atoms with Crippen LogP contribution in [0.2, 0.25) is 0 Å². The Morgan fingerprint density at radius 1 is 0.400 bits per heavy atom. The van der Waals surface area contributed by atoms with Gasteiger partial charge in [-0.15, -0.1) is 0 Å². The van der Waals surface area contributed by atoms with Crippen molar-refractivity contribution in [3.05, 3.63) is 0 Å². The average molecular weight is 448 g/mol. The second-order valence-corrected chi connectivity index (χ2v) is 0. The van der Waals surface area contributed by atoms with Crippen LogP contribution < -0.4 is 0 Å². The van der Waals surface area contributed by atoms with E-state index < -0.39 is 0 Å². The van der Waals surface area contributed by atoms with E-state index in [9.17, 15) is 0 Å². The molecule has 0 atom stereocenters. The summed E-state index contributed by atoms with van der Waals surface area (Å²) in [6, 6.07) is 0. The normalized spacial score (nSPS) is 0. The summed E-state index contributed by atoms with van der Waals surface area (Å²) in [6.07, 6.45) is 0. The fourth-order valence-electron chi connectivity index (χ4n) is 0. The van der Waals surface area contributed by atoms with Crippen LogP contribution in [0, 0.1) is 0 Å². The van der Waals surface area contributed by atoms with E-state index in [1.165, 1.54) is 0 Å². The van der Waals surface area contributed by atoms with Crippen molar-refractivity contribution in [2.75, 3.05) is 0 Å². The first-order valence-corrected chi connectivity index (χ1v) is 0. The Morgan fingerprint density at radius 3 is 0.400 bits per heavy atom. The number of rotatable bonds is 0.